The zero-order chi connectivity index (χ0) is 10.6. The van der Waals surface area contributed by atoms with E-state index in [-0.39, 0.29) is 11.5 Å². The Kier molecular flexibility index (Phi) is 3.28. The van der Waals surface area contributed by atoms with Gasteiger partial charge in [-0.25, -0.2) is 9.18 Å². The van der Waals surface area contributed by atoms with Gasteiger partial charge in [0, 0.05) is 0 Å². The van der Waals surface area contributed by atoms with Crippen LogP contribution < -0.4 is 9.47 Å². The van der Waals surface area contributed by atoms with E-state index in [2.05, 4.69) is 0 Å². The molecule has 0 spiro atoms. The van der Waals surface area contributed by atoms with Crippen molar-refractivity contribution < 1.29 is 23.8 Å². The highest BCUT2D eigenvalue weighted by Gasteiger charge is 2.11. The lowest BCUT2D eigenvalue weighted by Gasteiger charge is -2.08. The van der Waals surface area contributed by atoms with Gasteiger partial charge in [0.25, 0.3) is 0 Å². The summed E-state index contributed by atoms with van der Waals surface area (Å²) in [6, 6.07) is 4.10. The van der Waals surface area contributed by atoms with E-state index in [4.69, 9.17) is 14.6 Å². The SMILES string of the molecule is COc1cccc(F)c1OCC(=O)O. The van der Waals surface area contributed by atoms with Gasteiger partial charge >= 0.3 is 5.97 Å². The number of benzene rings is 1. The van der Waals surface area contributed by atoms with E-state index >= 15 is 0 Å². The van der Waals surface area contributed by atoms with Crippen LogP contribution in [0.2, 0.25) is 0 Å². The molecule has 1 N–H and O–H groups in total. The predicted octanol–water partition coefficient (Wildman–Crippen LogP) is 1.30. The van der Waals surface area contributed by atoms with E-state index < -0.39 is 18.4 Å². The Hall–Kier alpha value is -1.78. The quantitative estimate of drug-likeness (QED) is 0.795. The number of hydrogen-bond donors (Lipinski definition) is 1. The van der Waals surface area contributed by atoms with Crippen LogP contribution in [0.5, 0.6) is 11.5 Å². The van der Waals surface area contributed by atoms with Crippen LogP contribution in [0.1, 0.15) is 0 Å². The molecule has 0 unspecified atom stereocenters. The lowest BCUT2D eigenvalue weighted by molar-refractivity contribution is -0.139. The Labute approximate surface area is 79.9 Å². The molecule has 0 bridgehead atoms. The van der Waals surface area contributed by atoms with Gasteiger partial charge in [-0.3, -0.25) is 0 Å². The molecule has 0 aliphatic heterocycles. The second kappa shape index (κ2) is 4.45. The van der Waals surface area contributed by atoms with Gasteiger partial charge in [-0.1, -0.05) is 6.07 Å². The minimum absolute atomic E-state index is 0.172. The number of carboxylic acid groups (broad SMARTS) is 1. The maximum absolute atomic E-state index is 13.1. The fourth-order valence-corrected chi connectivity index (χ4v) is 0.924. The Morgan fingerprint density at radius 1 is 1.57 bits per heavy atom. The number of halogens is 1. The van der Waals surface area contributed by atoms with Gasteiger partial charge in [0.05, 0.1) is 7.11 Å². The summed E-state index contributed by atoms with van der Waals surface area (Å²) in [4.78, 5) is 10.2. The monoisotopic (exact) mass is 200 g/mol. The van der Waals surface area contributed by atoms with E-state index in [9.17, 15) is 9.18 Å². The van der Waals surface area contributed by atoms with Crippen molar-refractivity contribution in [1.82, 2.24) is 0 Å². The molecule has 1 aromatic carbocycles. The summed E-state index contributed by atoms with van der Waals surface area (Å²) in [5.74, 6) is -1.83. The number of rotatable bonds is 4. The summed E-state index contributed by atoms with van der Waals surface area (Å²) < 4.78 is 22.6. The van der Waals surface area contributed by atoms with Crippen molar-refractivity contribution in [1.29, 1.82) is 0 Å². The highest BCUT2D eigenvalue weighted by atomic mass is 19.1. The zero-order valence-electron chi connectivity index (χ0n) is 7.49. The third-order valence-electron chi connectivity index (χ3n) is 1.49. The summed E-state index contributed by atoms with van der Waals surface area (Å²) in [5.41, 5.74) is 0. The topological polar surface area (TPSA) is 55.8 Å². The second-order valence-electron chi connectivity index (χ2n) is 2.45. The van der Waals surface area contributed by atoms with Crippen LogP contribution in [0.25, 0.3) is 0 Å². The standard InChI is InChI=1S/C9H9FO4/c1-13-7-4-2-3-6(10)9(7)14-5-8(11)12/h2-4H,5H2,1H3,(H,11,12). The van der Waals surface area contributed by atoms with Crippen LogP contribution >= 0.6 is 0 Å². The van der Waals surface area contributed by atoms with Crippen LogP contribution in [0.15, 0.2) is 18.2 Å². The first-order chi connectivity index (χ1) is 6.65. The number of carboxylic acids is 1. The van der Waals surface area contributed by atoms with Crippen molar-refractivity contribution in [2.24, 2.45) is 0 Å². The number of ether oxygens (including phenoxy) is 2. The molecule has 1 aromatic rings. The summed E-state index contributed by atoms with van der Waals surface area (Å²) >= 11 is 0. The number of para-hydroxylation sites is 1. The molecule has 1 rings (SSSR count). The molecule has 5 heteroatoms. The summed E-state index contributed by atoms with van der Waals surface area (Å²) in [6.07, 6.45) is 0. The third kappa shape index (κ3) is 2.35. The fraction of sp³-hybridized carbons (Fsp3) is 0.222. The molecule has 0 aliphatic carbocycles. The van der Waals surface area contributed by atoms with Crippen molar-refractivity contribution in [3.05, 3.63) is 24.0 Å². The second-order valence-corrected chi connectivity index (χ2v) is 2.45. The molecule has 14 heavy (non-hydrogen) atoms. The van der Waals surface area contributed by atoms with Crippen LogP contribution in [-0.2, 0) is 4.79 Å². The molecule has 0 fully saturated rings. The Morgan fingerprint density at radius 2 is 2.29 bits per heavy atom. The van der Waals surface area contributed by atoms with Crippen LogP contribution in [-0.4, -0.2) is 24.8 Å². The van der Waals surface area contributed by atoms with Gasteiger partial charge in [0.2, 0.25) is 0 Å². The van der Waals surface area contributed by atoms with Crippen molar-refractivity contribution in [3.8, 4) is 11.5 Å². The van der Waals surface area contributed by atoms with E-state index in [0.29, 0.717) is 0 Å². The number of methoxy groups -OCH3 is 1. The largest absolute Gasteiger partial charge is 0.493 e. The molecule has 0 aliphatic rings. The molecule has 0 radical (unpaired) electrons. The highest BCUT2D eigenvalue weighted by Crippen LogP contribution is 2.29. The van der Waals surface area contributed by atoms with E-state index in [0.717, 1.165) is 0 Å². The lowest BCUT2D eigenvalue weighted by Crippen LogP contribution is -2.10. The first kappa shape index (κ1) is 10.3. The van der Waals surface area contributed by atoms with Crippen LogP contribution in [0, 0.1) is 5.82 Å². The molecule has 0 saturated heterocycles. The Bertz CT molecular complexity index is 338. The molecule has 0 amide bonds. The fourth-order valence-electron chi connectivity index (χ4n) is 0.924. The summed E-state index contributed by atoms with van der Waals surface area (Å²) in [5, 5.41) is 8.34. The molecule has 0 heterocycles. The van der Waals surface area contributed by atoms with Crippen molar-refractivity contribution in [3.63, 3.8) is 0 Å². The van der Waals surface area contributed by atoms with E-state index in [1.165, 1.54) is 25.3 Å². The average molecular weight is 200 g/mol. The van der Waals surface area contributed by atoms with Gasteiger partial charge in [-0.15, -0.1) is 0 Å². The predicted molar refractivity (Wildman–Crippen MR) is 46.1 cm³/mol. The summed E-state index contributed by atoms with van der Waals surface area (Å²) in [7, 11) is 1.35. The maximum atomic E-state index is 13.1. The Morgan fingerprint density at radius 3 is 2.86 bits per heavy atom. The molecule has 76 valence electrons. The number of carbonyl (C=O) groups is 1. The van der Waals surface area contributed by atoms with Gasteiger partial charge in [-0.05, 0) is 12.1 Å². The molecule has 4 nitrogen and oxygen atoms in total. The molecule has 0 aromatic heterocycles. The van der Waals surface area contributed by atoms with E-state index in [1.807, 2.05) is 0 Å². The Balaban J connectivity index is 2.87. The van der Waals surface area contributed by atoms with Gasteiger partial charge < -0.3 is 14.6 Å². The zero-order valence-corrected chi connectivity index (χ0v) is 7.49. The van der Waals surface area contributed by atoms with Gasteiger partial charge in [-0.2, -0.15) is 0 Å². The molecular formula is C9H9FO4. The van der Waals surface area contributed by atoms with Crippen molar-refractivity contribution >= 4 is 5.97 Å². The van der Waals surface area contributed by atoms with Gasteiger partial charge in [0.15, 0.2) is 23.9 Å². The van der Waals surface area contributed by atoms with Crippen LogP contribution in [0.4, 0.5) is 4.39 Å². The van der Waals surface area contributed by atoms with Crippen molar-refractivity contribution in [2.75, 3.05) is 13.7 Å². The normalized spacial score (nSPS) is 9.57. The molecule has 0 saturated carbocycles. The average Bonchev–Trinajstić information content (AvgIpc) is 2.15. The summed E-state index contributed by atoms with van der Waals surface area (Å²) in [6.45, 7) is -0.600. The molecular weight excluding hydrogens is 191 g/mol. The van der Waals surface area contributed by atoms with Crippen molar-refractivity contribution in [2.45, 2.75) is 0 Å². The number of hydrogen-bond acceptors (Lipinski definition) is 3. The third-order valence-corrected chi connectivity index (χ3v) is 1.49. The lowest BCUT2D eigenvalue weighted by atomic mass is 10.3. The minimum atomic E-state index is -1.17. The molecule has 0 atom stereocenters. The number of aliphatic carboxylic acids is 1. The first-order valence-corrected chi connectivity index (χ1v) is 3.82. The smallest absolute Gasteiger partial charge is 0.341 e. The first-order valence-electron chi connectivity index (χ1n) is 3.82. The highest BCUT2D eigenvalue weighted by molar-refractivity contribution is 5.68. The van der Waals surface area contributed by atoms with Crippen LogP contribution in [0.3, 0.4) is 0 Å². The maximum Gasteiger partial charge on any atom is 0.341 e. The van der Waals surface area contributed by atoms with Gasteiger partial charge in [0.1, 0.15) is 0 Å². The minimum Gasteiger partial charge on any atom is -0.493 e. The van der Waals surface area contributed by atoms with E-state index in [1.54, 1.807) is 0 Å².